The summed E-state index contributed by atoms with van der Waals surface area (Å²) in [5, 5.41) is 6.21. The Morgan fingerprint density at radius 3 is 2.34 bits per heavy atom. The lowest BCUT2D eigenvalue weighted by atomic mass is 9.98. The number of hydrogen-bond acceptors (Lipinski definition) is 3. The Bertz CT molecular complexity index is 1310. The van der Waals surface area contributed by atoms with Crippen molar-refractivity contribution in [3.05, 3.63) is 112 Å². The van der Waals surface area contributed by atoms with Crippen molar-refractivity contribution in [2.24, 2.45) is 0 Å². The van der Waals surface area contributed by atoms with Gasteiger partial charge in [0.05, 0.1) is 5.56 Å². The molecule has 178 valence electrons. The van der Waals surface area contributed by atoms with E-state index < -0.39 is 11.7 Å². The smallest absolute Gasteiger partial charge is 0.384 e. The molecule has 0 aliphatic rings. The number of hydrogen-bond donors (Lipinski definition) is 2. The highest BCUT2D eigenvalue weighted by Crippen LogP contribution is 2.32. The van der Waals surface area contributed by atoms with E-state index in [4.69, 9.17) is 0 Å². The first kappa shape index (κ1) is 24.5. The van der Waals surface area contributed by atoms with E-state index in [2.05, 4.69) is 31.5 Å². The molecule has 1 heterocycles. The molecule has 0 saturated heterocycles. The summed E-state index contributed by atoms with van der Waals surface area (Å²) in [6.45, 7) is 0.696. The molecule has 0 aliphatic carbocycles. The van der Waals surface area contributed by atoms with Crippen molar-refractivity contribution in [2.45, 2.75) is 12.6 Å². The van der Waals surface area contributed by atoms with Crippen molar-refractivity contribution in [3.8, 4) is 11.1 Å². The molecule has 1 aromatic heterocycles. The van der Waals surface area contributed by atoms with Crippen molar-refractivity contribution < 1.29 is 18.0 Å². The normalized spacial score (nSPS) is 11.2. The van der Waals surface area contributed by atoms with Crippen LogP contribution in [0.1, 0.15) is 21.6 Å². The van der Waals surface area contributed by atoms with Gasteiger partial charge in [0.2, 0.25) is 0 Å². The Hall–Kier alpha value is -3.65. The summed E-state index contributed by atoms with van der Waals surface area (Å²) in [7, 11) is 0. The van der Waals surface area contributed by atoms with E-state index in [1.165, 1.54) is 12.1 Å². The standard InChI is InChI=1S/C27H21BrF3N3O/c28-24-17-21(12-13-25(24)33-16-14-20-5-3-4-15-32-20)34-26(35)23-7-2-1-6-22(23)18-8-10-19(11-9-18)27(29,30)31/h1-13,15,17,33H,14,16H2,(H,34,35). The molecule has 8 heteroatoms. The predicted octanol–water partition coefficient (Wildman–Crippen LogP) is 7.44. The van der Waals surface area contributed by atoms with Gasteiger partial charge in [0.25, 0.3) is 5.91 Å². The third-order valence-corrected chi connectivity index (χ3v) is 6.00. The molecular weight excluding hydrogens is 519 g/mol. The summed E-state index contributed by atoms with van der Waals surface area (Å²) in [5.41, 5.74) is 3.15. The predicted molar refractivity (Wildman–Crippen MR) is 135 cm³/mol. The van der Waals surface area contributed by atoms with Crippen LogP contribution in [-0.4, -0.2) is 17.4 Å². The lowest BCUT2D eigenvalue weighted by Gasteiger charge is -2.13. The summed E-state index contributed by atoms with van der Waals surface area (Å²) in [6, 6.07) is 22.8. The minimum Gasteiger partial charge on any atom is -0.384 e. The van der Waals surface area contributed by atoms with Crippen LogP contribution >= 0.6 is 15.9 Å². The fraction of sp³-hybridized carbons (Fsp3) is 0.111. The van der Waals surface area contributed by atoms with Crippen LogP contribution in [0.5, 0.6) is 0 Å². The Kier molecular flexibility index (Phi) is 7.51. The van der Waals surface area contributed by atoms with Crippen molar-refractivity contribution in [1.29, 1.82) is 0 Å². The van der Waals surface area contributed by atoms with Crippen molar-refractivity contribution in [2.75, 3.05) is 17.2 Å². The van der Waals surface area contributed by atoms with Crippen molar-refractivity contribution in [1.82, 2.24) is 4.98 Å². The molecule has 4 aromatic rings. The summed E-state index contributed by atoms with van der Waals surface area (Å²) >= 11 is 3.53. The minimum atomic E-state index is -4.41. The number of anilines is 2. The third-order valence-electron chi connectivity index (χ3n) is 5.34. The number of amides is 1. The first-order valence-electron chi connectivity index (χ1n) is 10.8. The fourth-order valence-corrected chi connectivity index (χ4v) is 4.10. The molecule has 0 unspecified atom stereocenters. The quantitative estimate of drug-likeness (QED) is 0.256. The average molecular weight is 540 g/mol. The van der Waals surface area contributed by atoms with E-state index in [0.717, 1.165) is 34.4 Å². The monoisotopic (exact) mass is 539 g/mol. The van der Waals surface area contributed by atoms with Gasteiger partial charge in [-0.2, -0.15) is 13.2 Å². The van der Waals surface area contributed by atoms with Gasteiger partial charge in [0, 0.05) is 46.3 Å². The lowest BCUT2D eigenvalue weighted by Crippen LogP contribution is -2.13. The maximum absolute atomic E-state index is 13.0. The third kappa shape index (κ3) is 6.27. The van der Waals surface area contributed by atoms with E-state index >= 15 is 0 Å². The Morgan fingerprint density at radius 1 is 0.914 bits per heavy atom. The number of halogens is 4. The molecule has 0 spiro atoms. The van der Waals surface area contributed by atoms with Crippen molar-refractivity contribution in [3.63, 3.8) is 0 Å². The molecule has 4 rings (SSSR count). The highest BCUT2D eigenvalue weighted by atomic mass is 79.9. The first-order chi connectivity index (χ1) is 16.8. The second-order valence-electron chi connectivity index (χ2n) is 7.77. The molecular formula is C27H21BrF3N3O. The van der Waals surface area contributed by atoms with Gasteiger partial charge in [-0.1, -0.05) is 36.4 Å². The second-order valence-corrected chi connectivity index (χ2v) is 8.62. The summed E-state index contributed by atoms with van der Waals surface area (Å²) in [5.74, 6) is -0.358. The molecule has 35 heavy (non-hydrogen) atoms. The van der Waals surface area contributed by atoms with Gasteiger partial charge in [0.1, 0.15) is 0 Å². The van der Waals surface area contributed by atoms with Gasteiger partial charge in [0.15, 0.2) is 0 Å². The number of carbonyl (C=O) groups is 1. The summed E-state index contributed by atoms with van der Waals surface area (Å²) < 4.78 is 39.5. The van der Waals surface area contributed by atoms with Gasteiger partial charge in [-0.05, 0) is 75.6 Å². The fourth-order valence-electron chi connectivity index (χ4n) is 3.58. The number of alkyl halides is 3. The van der Waals surface area contributed by atoms with E-state index in [1.807, 2.05) is 24.3 Å². The van der Waals surface area contributed by atoms with Gasteiger partial charge in [-0.3, -0.25) is 9.78 Å². The molecule has 3 aromatic carbocycles. The Morgan fingerprint density at radius 2 is 1.66 bits per heavy atom. The lowest BCUT2D eigenvalue weighted by molar-refractivity contribution is -0.137. The zero-order valence-electron chi connectivity index (χ0n) is 18.4. The molecule has 0 saturated carbocycles. The van der Waals surface area contributed by atoms with Crippen LogP contribution < -0.4 is 10.6 Å². The second kappa shape index (κ2) is 10.7. The zero-order chi connectivity index (χ0) is 24.8. The Balaban J connectivity index is 1.45. The number of aromatic nitrogens is 1. The van der Waals surface area contributed by atoms with Gasteiger partial charge >= 0.3 is 6.18 Å². The summed E-state index contributed by atoms with van der Waals surface area (Å²) in [4.78, 5) is 17.3. The highest BCUT2D eigenvalue weighted by Gasteiger charge is 2.30. The molecule has 4 nitrogen and oxygen atoms in total. The number of rotatable bonds is 7. The number of nitrogens with zero attached hydrogens (tertiary/aromatic N) is 1. The average Bonchev–Trinajstić information content (AvgIpc) is 2.85. The van der Waals surface area contributed by atoms with Crippen LogP contribution in [-0.2, 0) is 12.6 Å². The van der Waals surface area contributed by atoms with Gasteiger partial charge in [-0.15, -0.1) is 0 Å². The number of carbonyl (C=O) groups excluding carboxylic acids is 1. The Labute approximate surface area is 209 Å². The maximum atomic E-state index is 13.0. The van der Waals surface area contributed by atoms with Crippen LogP contribution in [0.15, 0.2) is 95.6 Å². The topological polar surface area (TPSA) is 54.0 Å². The summed E-state index contributed by atoms with van der Waals surface area (Å²) in [6.07, 6.45) is -1.88. The van der Waals surface area contributed by atoms with E-state index in [0.29, 0.717) is 28.9 Å². The molecule has 2 N–H and O–H groups in total. The molecule has 0 bridgehead atoms. The largest absolute Gasteiger partial charge is 0.416 e. The number of benzene rings is 3. The van der Waals surface area contributed by atoms with E-state index in [-0.39, 0.29) is 5.91 Å². The number of nitrogens with one attached hydrogen (secondary N) is 2. The van der Waals surface area contributed by atoms with Crippen molar-refractivity contribution >= 4 is 33.2 Å². The van der Waals surface area contributed by atoms with Gasteiger partial charge in [-0.25, -0.2) is 0 Å². The van der Waals surface area contributed by atoms with Crippen LogP contribution in [0.25, 0.3) is 11.1 Å². The minimum absolute atomic E-state index is 0.358. The molecule has 0 fully saturated rings. The van der Waals surface area contributed by atoms with Crippen LogP contribution in [0.2, 0.25) is 0 Å². The van der Waals surface area contributed by atoms with Gasteiger partial charge < -0.3 is 10.6 Å². The molecule has 0 aliphatic heterocycles. The number of pyridine rings is 1. The van der Waals surface area contributed by atoms with Crippen LogP contribution in [0.3, 0.4) is 0 Å². The van der Waals surface area contributed by atoms with E-state index in [9.17, 15) is 18.0 Å². The molecule has 0 atom stereocenters. The first-order valence-corrected chi connectivity index (χ1v) is 11.6. The molecule has 0 radical (unpaired) electrons. The highest BCUT2D eigenvalue weighted by molar-refractivity contribution is 9.10. The van der Waals surface area contributed by atoms with Crippen LogP contribution in [0.4, 0.5) is 24.5 Å². The van der Waals surface area contributed by atoms with Crippen LogP contribution in [0, 0.1) is 0 Å². The van der Waals surface area contributed by atoms with E-state index in [1.54, 1.807) is 42.6 Å². The zero-order valence-corrected chi connectivity index (χ0v) is 20.0. The molecule has 1 amide bonds. The maximum Gasteiger partial charge on any atom is 0.416 e. The SMILES string of the molecule is O=C(Nc1ccc(NCCc2ccccn2)c(Br)c1)c1ccccc1-c1ccc(C(F)(F)F)cc1.